The number of hydrogen-bond acceptors (Lipinski definition) is 3. The van der Waals surface area contributed by atoms with Crippen molar-refractivity contribution in [2.45, 2.75) is 12.8 Å². The van der Waals surface area contributed by atoms with Crippen molar-refractivity contribution in [2.24, 2.45) is 0 Å². The predicted molar refractivity (Wildman–Crippen MR) is 104 cm³/mol. The molecule has 0 spiro atoms. The number of anilines is 2. The molecule has 0 aromatic heterocycles. The topological polar surface area (TPSA) is 58.6 Å². The lowest BCUT2D eigenvalue weighted by molar-refractivity contribution is -0.118. The van der Waals surface area contributed by atoms with Crippen molar-refractivity contribution in [3.63, 3.8) is 0 Å². The van der Waals surface area contributed by atoms with Crippen molar-refractivity contribution >= 4 is 55.0 Å². The van der Waals surface area contributed by atoms with E-state index in [-0.39, 0.29) is 18.4 Å². The van der Waals surface area contributed by atoms with Crippen LogP contribution in [0, 0.1) is 0 Å². The van der Waals surface area contributed by atoms with Gasteiger partial charge in [0.15, 0.2) is 6.61 Å². The second-order valence-electron chi connectivity index (χ2n) is 5.61. The van der Waals surface area contributed by atoms with E-state index in [2.05, 4.69) is 37.2 Å². The third-order valence-electron chi connectivity index (χ3n) is 3.77. The van der Waals surface area contributed by atoms with Crippen LogP contribution in [0.5, 0.6) is 5.75 Å². The van der Waals surface area contributed by atoms with Crippen LogP contribution in [0.1, 0.15) is 12.8 Å². The highest BCUT2D eigenvalue weighted by atomic mass is 79.9. The molecule has 3 rings (SSSR count). The van der Waals surface area contributed by atoms with Gasteiger partial charge in [-0.2, -0.15) is 0 Å². The second kappa shape index (κ2) is 8.01. The normalized spacial score (nSPS) is 13.8. The monoisotopic (exact) mass is 466 g/mol. The van der Waals surface area contributed by atoms with E-state index < -0.39 is 0 Å². The Kier molecular flexibility index (Phi) is 5.75. The maximum absolute atomic E-state index is 12.1. The summed E-state index contributed by atoms with van der Waals surface area (Å²) < 4.78 is 7.22. The fraction of sp³-hybridized carbons (Fsp3) is 0.222. The Morgan fingerprint density at radius 3 is 2.76 bits per heavy atom. The van der Waals surface area contributed by atoms with E-state index in [1.807, 2.05) is 24.3 Å². The van der Waals surface area contributed by atoms with Crippen LogP contribution in [0.3, 0.4) is 0 Å². The van der Waals surface area contributed by atoms with E-state index in [4.69, 9.17) is 4.74 Å². The van der Waals surface area contributed by atoms with Gasteiger partial charge in [-0.05, 0) is 58.7 Å². The molecule has 1 fully saturated rings. The van der Waals surface area contributed by atoms with Crippen molar-refractivity contribution in [1.29, 1.82) is 0 Å². The predicted octanol–water partition coefficient (Wildman–Crippen LogP) is 4.36. The summed E-state index contributed by atoms with van der Waals surface area (Å²) in [4.78, 5) is 25.7. The molecule has 25 heavy (non-hydrogen) atoms. The van der Waals surface area contributed by atoms with Crippen molar-refractivity contribution < 1.29 is 14.3 Å². The zero-order valence-corrected chi connectivity index (χ0v) is 16.5. The average molecular weight is 468 g/mol. The van der Waals surface area contributed by atoms with Gasteiger partial charge in [0, 0.05) is 28.8 Å². The summed E-state index contributed by atoms with van der Waals surface area (Å²) in [5.41, 5.74) is 1.44. The Morgan fingerprint density at radius 1 is 1.20 bits per heavy atom. The maximum Gasteiger partial charge on any atom is 0.262 e. The Hall–Kier alpha value is -1.86. The van der Waals surface area contributed by atoms with Gasteiger partial charge in [0.05, 0.1) is 4.47 Å². The molecule has 2 aromatic rings. The van der Waals surface area contributed by atoms with Crippen LogP contribution in [-0.2, 0) is 9.59 Å². The van der Waals surface area contributed by atoms with E-state index in [0.29, 0.717) is 17.9 Å². The molecule has 130 valence electrons. The molecule has 2 aromatic carbocycles. The van der Waals surface area contributed by atoms with Crippen LogP contribution in [0.4, 0.5) is 11.4 Å². The number of carbonyl (C=O) groups is 2. The molecule has 0 bridgehead atoms. The number of ether oxygens (including phenoxy) is 1. The smallest absolute Gasteiger partial charge is 0.262 e. The van der Waals surface area contributed by atoms with Crippen LogP contribution in [0.2, 0.25) is 0 Å². The first-order valence-electron chi connectivity index (χ1n) is 7.81. The van der Waals surface area contributed by atoms with Gasteiger partial charge in [-0.1, -0.05) is 22.0 Å². The number of amides is 2. The molecule has 1 saturated heterocycles. The first-order valence-corrected chi connectivity index (χ1v) is 9.39. The van der Waals surface area contributed by atoms with E-state index in [0.717, 1.165) is 27.6 Å². The Balaban J connectivity index is 1.60. The average Bonchev–Trinajstić information content (AvgIpc) is 3.00. The van der Waals surface area contributed by atoms with Crippen molar-refractivity contribution in [3.8, 4) is 5.75 Å². The quantitative estimate of drug-likeness (QED) is 0.710. The summed E-state index contributed by atoms with van der Waals surface area (Å²) in [6.45, 7) is 0.615. The van der Waals surface area contributed by atoms with Gasteiger partial charge >= 0.3 is 0 Å². The van der Waals surface area contributed by atoms with Crippen LogP contribution in [0.25, 0.3) is 0 Å². The Bertz CT molecular complexity index is 811. The van der Waals surface area contributed by atoms with Gasteiger partial charge in [0.2, 0.25) is 5.91 Å². The van der Waals surface area contributed by atoms with E-state index in [1.165, 1.54) is 0 Å². The van der Waals surface area contributed by atoms with Gasteiger partial charge in [-0.15, -0.1) is 0 Å². The minimum Gasteiger partial charge on any atom is -0.483 e. The first-order chi connectivity index (χ1) is 12.0. The van der Waals surface area contributed by atoms with Crippen LogP contribution >= 0.6 is 31.9 Å². The fourth-order valence-corrected chi connectivity index (χ4v) is 3.77. The standard InChI is InChI=1S/C18H16Br2N2O3/c19-12-6-7-16(15(20)9-12)25-11-17(23)21-13-3-1-4-14(10-13)22-8-2-5-18(22)24/h1,3-4,6-7,9-10H,2,5,8,11H2,(H,21,23). The molecule has 7 heteroatoms. The number of benzene rings is 2. The highest BCUT2D eigenvalue weighted by Crippen LogP contribution is 2.28. The maximum atomic E-state index is 12.1. The third kappa shape index (κ3) is 4.61. The molecule has 1 aliphatic heterocycles. The summed E-state index contributed by atoms with van der Waals surface area (Å²) in [6.07, 6.45) is 1.44. The van der Waals surface area contributed by atoms with E-state index in [9.17, 15) is 9.59 Å². The molecule has 5 nitrogen and oxygen atoms in total. The number of nitrogens with zero attached hydrogens (tertiary/aromatic N) is 1. The molecule has 1 heterocycles. The van der Waals surface area contributed by atoms with Crippen LogP contribution < -0.4 is 15.0 Å². The molecule has 1 aliphatic rings. The largest absolute Gasteiger partial charge is 0.483 e. The highest BCUT2D eigenvalue weighted by Gasteiger charge is 2.21. The lowest BCUT2D eigenvalue weighted by atomic mass is 10.2. The zero-order valence-electron chi connectivity index (χ0n) is 13.3. The summed E-state index contributed by atoms with van der Waals surface area (Å²) >= 11 is 6.76. The molecule has 0 radical (unpaired) electrons. The third-order valence-corrected chi connectivity index (χ3v) is 4.88. The molecule has 1 N–H and O–H groups in total. The van der Waals surface area contributed by atoms with Gasteiger partial charge in [0.25, 0.3) is 5.91 Å². The molecule has 0 aliphatic carbocycles. The molecule has 2 amide bonds. The first kappa shape index (κ1) is 17.9. The van der Waals surface area contributed by atoms with Gasteiger partial charge < -0.3 is 15.0 Å². The molecule has 0 saturated carbocycles. The van der Waals surface area contributed by atoms with Crippen molar-refractivity contribution in [3.05, 3.63) is 51.4 Å². The van der Waals surface area contributed by atoms with Crippen LogP contribution in [0.15, 0.2) is 51.4 Å². The summed E-state index contributed by atoms with van der Waals surface area (Å²) in [5.74, 6) is 0.446. The SMILES string of the molecule is O=C(COc1ccc(Br)cc1Br)Nc1cccc(N2CCCC2=O)c1. The number of halogens is 2. The van der Waals surface area contributed by atoms with E-state index >= 15 is 0 Å². The fourth-order valence-electron chi connectivity index (χ4n) is 2.61. The Morgan fingerprint density at radius 2 is 2.04 bits per heavy atom. The molecular formula is C18H16Br2N2O3. The number of nitrogens with one attached hydrogen (secondary N) is 1. The zero-order chi connectivity index (χ0) is 17.8. The summed E-state index contributed by atoms with van der Waals surface area (Å²) in [5, 5.41) is 2.80. The second-order valence-corrected chi connectivity index (χ2v) is 7.38. The van der Waals surface area contributed by atoms with Gasteiger partial charge in [-0.25, -0.2) is 0 Å². The number of hydrogen-bond donors (Lipinski definition) is 1. The minimum atomic E-state index is -0.264. The van der Waals surface area contributed by atoms with Crippen LogP contribution in [-0.4, -0.2) is 25.0 Å². The van der Waals surface area contributed by atoms with Crippen molar-refractivity contribution in [1.82, 2.24) is 0 Å². The summed E-state index contributed by atoms with van der Waals surface area (Å²) in [7, 11) is 0. The summed E-state index contributed by atoms with van der Waals surface area (Å²) in [6, 6.07) is 12.8. The lowest BCUT2D eigenvalue weighted by Crippen LogP contribution is -2.24. The van der Waals surface area contributed by atoms with Crippen molar-refractivity contribution in [2.75, 3.05) is 23.4 Å². The number of rotatable bonds is 5. The molecular weight excluding hydrogens is 452 g/mol. The highest BCUT2D eigenvalue weighted by molar-refractivity contribution is 9.11. The van der Waals surface area contributed by atoms with Gasteiger partial charge in [-0.3, -0.25) is 9.59 Å². The molecule has 0 unspecified atom stereocenters. The van der Waals surface area contributed by atoms with E-state index in [1.54, 1.807) is 23.1 Å². The lowest BCUT2D eigenvalue weighted by Gasteiger charge is -2.17. The minimum absolute atomic E-state index is 0.104. The molecule has 0 atom stereocenters. The Labute approximate surface area is 162 Å². The van der Waals surface area contributed by atoms with Gasteiger partial charge in [0.1, 0.15) is 5.75 Å². The number of carbonyl (C=O) groups excluding carboxylic acids is 2.